The molecule has 0 spiro atoms. The fourth-order valence-electron chi connectivity index (χ4n) is 9.75. The zero-order valence-corrected chi connectivity index (χ0v) is 30.7. The number of hydrogen-bond donors (Lipinski definition) is 0. The summed E-state index contributed by atoms with van der Waals surface area (Å²) >= 11 is 1.86. The Kier molecular flexibility index (Phi) is 7.05. The molecule has 2 atom stereocenters. The normalized spacial score (nSPS) is 18.6. The van der Waals surface area contributed by atoms with E-state index in [2.05, 4.69) is 188 Å². The molecule has 256 valence electrons. The first-order valence-electron chi connectivity index (χ1n) is 18.9. The zero-order valence-electron chi connectivity index (χ0n) is 29.9. The van der Waals surface area contributed by atoms with E-state index in [1.54, 1.807) is 0 Å². The third-order valence-corrected chi connectivity index (χ3v) is 13.1. The highest BCUT2D eigenvalue weighted by Gasteiger charge is 2.45. The fraction of sp³-hybridized carbons (Fsp3) is 0.0769. The molecule has 0 aliphatic heterocycles. The van der Waals surface area contributed by atoms with Gasteiger partial charge in [0.25, 0.3) is 0 Å². The molecule has 2 aromatic heterocycles. The SMILES string of the molecule is CC1(c2cccs2)c2ccccc2C(c2cccc3oc4cccc(-c5c6c(c(-c7ccccc7)c7ccccc57)C=CC=CC6)c4c23)=C2C=CC=CC21. The van der Waals surface area contributed by atoms with E-state index < -0.39 is 0 Å². The van der Waals surface area contributed by atoms with Crippen LogP contribution in [-0.4, -0.2) is 0 Å². The first-order valence-corrected chi connectivity index (χ1v) is 19.7. The van der Waals surface area contributed by atoms with Gasteiger partial charge in [0, 0.05) is 27.0 Å². The minimum atomic E-state index is -0.194. The second-order valence-corrected chi connectivity index (χ2v) is 15.7. The molecule has 54 heavy (non-hydrogen) atoms. The van der Waals surface area contributed by atoms with Crippen molar-refractivity contribution in [2.75, 3.05) is 0 Å². The van der Waals surface area contributed by atoms with Crippen molar-refractivity contribution >= 4 is 55.7 Å². The third-order valence-electron chi connectivity index (χ3n) is 12.0. The summed E-state index contributed by atoms with van der Waals surface area (Å²) in [4.78, 5) is 1.39. The minimum Gasteiger partial charge on any atom is -0.456 e. The monoisotopic (exact) mass is 708 g/mol. The first kappa shape index (κ1) is 31.3. The molecule has 11 rings (SSSR count). The van der Waals surface area contributed by atoms with Gasteiger partial charge in [-0.2, -0.15) is 0 Å². The Morgan fingerprint density at radius 2 is 1.31 bits per heavy atom. The minimum absolute atomic E-state index is 0.183. The average Bonchev–Trinajstić information content (AvgIpc) is 3.85. The number of rotatable bonds is 4. The third kappa shape index (κ3) is 4.44. The standard InChI is InChI=1S/C52H36OS/c1-52(46-31-16-32-54-46)42-27-12-10-23-38(42)49(39-24-11-13-28-43(39)52)41-26-15-30-45-51(41)50-40(25-14-29-44(50)53-45)48-36-20-7-3-6-19-34(36)47(33-17-4-2-5-18-33)35-21-8-9-22-37(35)48/h2-19,21-32,42H,20H2,1H3. The lowest BCUT2D eigenvalue weighted by molar-refractivity contribution is 0.471. The Bertz CT molecular complexity index is 2960. The van der Waals surface area contributed by atoms with Crippen LogP contribution in [0.3, 0.4) is 0 Å². The molecule has 3 aliphatic carbocycles. The molecule has 0 N–H and O–H groups in total. The molecule has 0 saturated heterocycles. The highest BCUT2D eigenvalue weighted by Crippen LogP contribution is 2.56. The van der Waals surface area contributed by atoms with Crippen molar-refractivity contribution in [3.05, 3.63) is 214 Å². The van der Waals surface area contributed by atoms with Crippen molar-refractivity contribution in [1.82, 2.24) is 0 Å². The quantitative estimate of drug-likeness (QED) is 0.177. The van der Waals surface area contributed by atoms with E-state index in [0.29, 0.717) is 0 Å². The fourth-order valence-corrected chi connectivity index (χ4v) is 10.7. The topological polar surface area (TPSA) is 13.1 Å². The van der Waals surface area contributed by atoms with Crippen molar-refractivity contribution in [2.24, 2.45) is 5.92 Å². The van der Waals surface area contributed by atoms with Crippen molar-refractivity contribution in [1.29, 1.82) is 0 Å². The van der Waals surface area contributed by atoms with E-state index in [-0.39, 0.29) is 11.3 Å². The molecule has 0 bridgehead atoms. The summed E-state index contributed by atoms with van der Waals surface area (Å²) in [6.07, 6.45) is 19.1. The number of thiophene rings is 1. The highest BCUT2D eigenvalue weighted by molar-refractivity contribution is 7.10. The molecule has 2 heteroatoms. The lowest BCUT2D eigenvalue weighted by Gasteiger charge is -2.44. The summed E-state index contributed by atoms with van der Waals surface area (Å²) in [5.41, 5.74) is 15.8. The van der Waals surface area contributed by atoms with E-state index in [0.717, 1.165) is 17.6 Å². The Labute approximate surface area is 319 Å². The molecule has 0 radical (unpaired) electrons. The maximum Gasteiger partial charge on any atom is 0.136 e. The zero-order chi connectivity index (χ0) is 35.8. The first-order chi connectivity index (χ1) is 26.7. The van der Waals surface area contributed by atoms with Crippen molar-refractivity contribution in [3.8, 4) is 22.3 Å². The summed E-state index contributed by atoms with van der Waals surface area (Å²) < 4.78 is 6.86. The van der Waals surface area contributed by atoms with Gasteiger partial charge in [0.15, 0.2) is 0 Å². The van der Waals surface area contributed by atoms with Crippen LogP contribution in [-0.2, 0) is 11.8 Å². The Balaban J connectivity index is 1.25. The van der Waals surface area contributed by atoms with Gasteiger partial charge in [-0.05, 0) is 109 Å². The summed E-state index contributed by atoms with van der Waals surface area (Å²) in [7, 11) is 0. The van der Waals surface area contributed by atoms with Crippen LogP contribution in [0.25, 0.3) is 66.6 Å². The smallest absolute Gasteiger partial charge is 0.136 e. The predicted octanol–water partition coefficient (Wildman–Crippen LogP) is 14.1. The van der Waals surface area contributed by atoms with Gasteiger partial charge in [-0.15, -0.1) is 11.3 Å². The van der Waals surface area contributed by atoms with Crippen LogP contribution >= 0.6 is 11.3 Å². The number of allylic oxidation sites excluding steroid dienone is 8. The van der Waals surface area contributed by atoms with E-state index in [1.165, 1.54) is 87.6 Å². The van der Waals surface area contributed by atoms with Crippen LogP contribution in [0.5, 0.6) is 0 Å². The van der Waals surface area contributed by atoms with Gasteiger partial charge in [-0.3, -0.25) is 0 Å². The average molecular weight is 709 g/mol. The van der Waals surface area contributed by atoms with Crippen LogP contribution in [0, 0.1) is 5.92 Å². The van der Waals surface area contributed by atoms with Crippen LogP contribution in [0.15, 0.2) is 185 Å². The van der Waals surface area contributed by atoms with Gasteiger partial charge >= 0.3 is 0 Å². The highest BCUT2D eigenvalue weighted by atomic mass is 32.1. The molecule has 0 saturated carbocycles. The van der Waals surface area contributed by atoms with Crippen molar-refractivity contribution in [3.63, 3.8) is 0 Å². The van der Waals surface area contributed by atoms with Gasteiger partial charge in [0.2, 0.25) is 0 Å². The van der Waals surface area contributed by atoms with Gasteiger partial charge in [-0.1, -0.05) is 158 Å². The Morgan fingerprint density at radius 3 is 2.13 bits per heavy atom. The van der Waals surface area contributed by atoms with Crippen molar-refractivity contribution < 1.29 is 4.42 Å². The second-order valence-electron chi connectivity index (χ2n) is 14.8. The molecule has 3 aliphatic rings. The molecule has 0 fully saturated rings. The molecule has 0 amide bonds. The molecule has 1 nitrogen and oxygen atoms in total. The van der Waals surface area contributed by atoms with Crippen molar-refractivity contribution in [2.45, 2.75) is 18.8 Å². The van der Waals surface area contributed by atoms with Gasteiger partial charge in [0.1, 0.15) is 11.2 Å². The Hall–Kier alpha value is -6.22. The summed E-state index contributed by atoms with van der Waals surface area (Å²) in [6.45, 7) is 2.44. The van der Waals surface area contributed by atoms with E-state index >= 15 is 0 Å². The molecular formula is C52H36OS. The number of hydrogen-bond acceptors (Lipinski definition) is 2. The van der Waals surface area contributed by atoms with Gasteiger partial charge < -0.3 is 4.42 Å². The van der Waals surface area contributed by atoms with Crippen LogP contribution in [0.1, 0.15) is 39.6 Å². The number of fused-ring (bicyclic) bond motifs is 7. The molecule has 8 aromatic rings. The lowest BCUT2D eigenvalue weighted by Crippen LogP contribution is -2.37. The summed E-state index contributed by atoms with van der Waals surface area (Å²) in [6, 6.07) is 46.7. The number of furan rings is 1. The molecular weight excluding hydrogens is 673 g/mol. The van der Waals surface area contributed by atoms with Crippen LogP contribution in [0.4, 0.5) is 0 Å². The van der Waals surface area contributed by atoms with E-state index in [1.807, 2.05) is 11.3 Å². The molecule has 2 heterocycles. The maximum atomic E-state index is 6.86. The van der Waals surface area contributed by atoms with Crippen LogP contribution < -0.4 is 0 Å². The Morgan fingerprint density at radius 1 is 0.611 bits per heavy atom. The van der Waals surface area contributed by atoms with E-state index in [9.17, 15) is 0 Å². The maximum absolute atomic E-state index is 6.86. The van der Waals surface area contributed by atoms with Gasteiger partial charge in [-0.25, -0.2) is 0 Å². The molecule has 2 unspecified atom stereocenters. The summed E-state index contributed by atoms with van der Waals surface area (Å²) in [5.74, 6) is 0.183. The summed E-state index contributed by atoms with van der Waals surface area (Å²) in [5, 5.41) is 7.08. The van der Waals surface area contributed by atoms with E-state index in [4.69, 9.17) is 4.42 Å². The molecule has 6 aromatic carbocycles. The second kappa shape index (κ2) is 12.2. The largest absolute Gasteiger partial charge is 0.456 e. The predicted molar refractivity (Wildman–Crippen MR) is 229 cm³/mol. The van der Waals surface area contributed by atoms with Gasteiger partial charge in [0.05, 0.1) is 0 Å². The van der Waals surface area contributed by atoms with Crippen LogP contribution in [0.2, 0.25) is 0 Å². The lowest BCUT2D eigenvalue weighted by atomic mass is 9.59. The number of benzene rings is 6.